The summed E-state index contributed by atoms with van der Waals surface area (Å²) in [6.07, 6.45) is 1.76. The summed E-state index contributed by atoms with van der Waals surface area (Å²) >= 11 is 18.4. The van der Waals surface area contributed by atoms with E-state index in [1.165, 1.54) is 5.56 Å². The zero-order chi connectivity index (χ0) is 20.6. The molecule has 5 nitrogen and oxygen atoms in total. The summed E-state index contributed by atoms with van der Waals surface area (Å²) in [7, 11) is 0. The zero-order valence-corrected chi connectivity index (χ0v) is 17.9. The molecule has 0 saturated carbocycles. The third kappa shape index (κ3) is 4.29. The number of carboxylic acids is 1. The molecule has 0 bridgehead atoms. The molecule has 2 aromatic rings. The van der Waals surface area contributed by atoms with E-state index in [0.717, 1.165) is 31.7 Å². The lowest BCUT2D eigenvalue weighted by molar-refractivity contribution is -0.138. The number of carbonyl (C=O) groups is 1. The van der Waals surface area contributed by atoms with Crippen molar-refractivity contribution in [2.45, 2.75) is 24.9 Å². The quantitative estimate of drug-likeness (QED) is 0.683. The van der Waals surface area contributed by atoms with Crippen LogP contribution in [0.2, 0.25) is 15.1 Å². The maximum absolute atomic E-state index is 10.9. The molecule has 1 N–H and O–H groups in total. The van der Waals surface area contributed by atoms with E-state index in [0.29, 0.717) is 33.0 Å². The number of hydrogen-bond donors (Lipinski definition) is 1. The van der Waals surface area contributed by atoms with Crippen LogP contribution in [0.4, 0.5) is 0 Å². The van der Waals surface area contributed by atoms with Crippen molar-refractivity contribution >= 4 is 40.8 Å². The van der Waals surface area contributed by atoms with Crippen LogP contribution < -0.4 is 9.47 Å². The van der Waals surface area contributed by atoms with Crippen LogP contribution >= 0.6 is 34.8 Å². The highest BCUT2D eigenvalue weighted by Gasteiger charge is 2.43. The molecule has 1 saturated heterocycles. The van der Waals surface area contributed by atoms with Gasteiger partial charge in [0.2, 0.25) is 0 Å². The molecule has 0 unspecified atom stereocenters. The summed E-state index contributed by atoms with van der Waals surface area (Å²) in [4.78, 5) is 12.9. The van der Waals surface area contributed by atoms with E-state index in [2.05, 4.69) is 6.07 Å². The third-order valence-electron chi connectivity index (χ3n) is 5.69. The second-order valence-electron chi connectivity index (χ2n) is 7.53. The van der Waals surface area contributed by atoms with Gasteiger partial charge in [-0.1, -0.05) is 40.9 Å². The minimum absolute atomic E-state index is 0.0499. The van der Waals surface area contributed by atoms with Gasteiger partial charge in [-0.05, 0) is 44.1 Å². The molecule has 0 radical (unpaired) electrons. The summed E-state index contributed by atoms with van der Waals surface area (Å²) in [5.74, 6) is 0.709. The molecule has 154 valence electrons. The average molecular weight is 457 g/mol. The number of fused-ring (bicyclic) bond motifs is 2. The number of benzene rings is 2. The van der Waals surface area contributed by atoms with E-state index in [4.69, 9.17) is 49.4 Å². The number of rotatable bonds is 5. The zero-order valence-electron chi connectivity index (χ0n) is 15.6. The SMILES string of the molecule is O=C(O)CN1CCC2(CC1)COc1cc(OCc3c(Cl)cc(Cl)cc3Cl)ccc12. The monoisotopic (exact) mass is 455 g/mol. The van der Waals surface area contributed by atoms with E-state index in [-0.39, 0.29) is 18.6 Å². The Kier molecular flexibility index (Phi) is 5.85. The van der Waals surface area contributed by atoms with Crippen molar-refractivity contribution in [3.63, 3.8) is 0 Å². The van der Waals surface area contributed by atoms with Gasteiger partial charge in [-0.25, -0.2) is 0 Å². The molecular weight excluding hydrogens is 437 g/mol. The molecule has 2 heterocycles. The van der Waals surface area contributed by atoms with Crippen molar-refractivity contribution in [1.82, 2.24) is 4.90 Å². The van der Waals surface area contributed by atoms with Crippen LogP contribution in [0, 0.1) is 0 Å². The highest BCUT2D eigenvalue weighted by Crippen LogP contribution is 2.46. The molecule has 1 spiro atoms. The normalized spacial score (nSPS) is 17.8. The van der Waals surface area contributed by atoms with Gasteiger partial charge in [-0.15, -0.1) is 0 Å². The molecule has 29 heavy (non-hydrogen) atoms. The molecule has 0 aliphatic carbocycles. The summed E-state index contributed by atoms with van der Waals surface area (Å²) in [6, 6.07) is 9.15. The predicted octanol–water partition coefficient (Wildman–Crippen LogP) is 5.04. The van der Waals surface area contributed by atoms with Crippen LogP contribution in [-0.2, 0) is 16.8 Å². The van der Waals surface area contributed by atoms with Crippen molar-refractivity contribution in [2.24, 2.45) is 0 Å². The smallest absolute Gasteiger partial charge is 0.317 e. The summed E-state index contributed by atoms with van der Waals surface area (Å²) in [5, 5.41) is 10.4. The second-order valence-corrected chi connectivity index (χ2v) is 8.78. The number of nitrogens with zero attached hydrogens (tertiary/aromatic N) is 1. The van der Waals surface area contributed by atoms with Crippen LogP contribution in [0.3, 0.4) is 0 Å². The molecule has 0 amide bonds. The van der Waals surface area contributed by atoms with Gasteiger partial charge in [0, 0.05) is 27.6 Å². The van der Waals surface area contributed by atoms with Crippen molar-refractivity contribution in [3.05, 3.63) is 56.5 Å². The molecule has 0 aromatic heterocycles. The summed E-state index contributed by atoms with van der Waals surface area (Å²) < 4.78 is 11.9. The third-order valence-corrected chi connectivity index (χ3v) is 6.58. The molecular formula is C21H20Cl3NO4. The lowest BCUT2D eigenvalue weighted by Crippen LogP contribution is -2.45. The first-order chi connectivity index (χ1) is 13.9. The predicted molar refractivity (Wildman–Crippen MR) is 113 cm³/mol. The van der Waals surface area contributed by atoms with Crippen molar-refractivity contribution in [3.8, 4) is 11.5 Å². The second kappa shape index (κ2) is 8.23. The lowest BCUT2D eigenvalue weighted by Gasteiger charge is -2.37. The Balaban J connectivity index is 1.45. The molecule has 4 rings (SSSR count). The van der Waals surface area contributed by atoms with E-state index in [1.54, 1.807) is 12.1 Å². The van der Waals surface area contributed by atoms with Crippen LogP contribution in [0.25, 0.3) is 0 Å². The van der Waals surface area contributed by atoms with Crippen molar-refractivity contribution in [1.29, 1.82) is 0 Å². The number of piperidine rings is 1. The molecule has 2 aliphatic heterocycles. The van der Waals surface area contributed by atoms with E-state index < -0.39 is 5.97 Å². The Morgan fingerprint density at radius 1 is 1.14 bits per heavy atom. The number of likely N-dealkylation sites (tertiary alicyclic amines) is 1. The summed E-state index contributed by atoms with van der Waals surface area (Å²) in [6.45, 7) is 2.43. The minimum Gasteiger partial charge on any atom is -0.492 e. The Bertz CT molecular complexity index is 919. The highest BCUT2D eigenvalue weighted by molar-refractivity contribution is 6.39. The van der Waals surface area contributed by atoms with Gasteiger partial charge >= 0.3 is 5.97 Å². The van der Waals surface area contributed by atoms with Crippen LogP contribution in [-0.4, -0.2) is 42.2 Å². The van der Waals surface area contributed by atoms with Crippen LogP contribution in [0.5, 0.6) is 11.5 Å². The highest BCUT2D eigenvalue weighted by atomic mass is 35.5. The van der Waals surface area contributed by atoms with Gasteiger partial charge in [0.1, 0.15) is 18.1 Å². The first kappa shape index (κ1) is 20.6. The Hall–Kier alpha value is -1.66. The first-order valence-electron chi connectivity index (χ1n) is 9.34. The van der Waals surface area contributed by atoms with Crippen molar-refractivity contribution in [2.75, 3.05) is 26.2 Å². The first-order valence-corrected chi connectivity index (χ1v) is 10.5. The van der Waals surface area contributed by atoms with E-state index in [9.17, 15) is 4.79 Å². The van der Waals surface area contributed by atoms with Gasteiger partial charge in [-0.2, -0.15) is 0 Å². The number of hydrogen-bond acceptors (Lipinski definition) is 4. The molecule has 8 heteroatoms. The van der Waals surface area contributed by atoms with Gasteiger partial charge in [0.05, 0.1) is 23.2 Å². The van der Waals surface area contributed by atoms with E-state index >= 15 is 0 Å². The van der Waals surface area contributed by atoms with Gasteiger partial charge in [0.15, 0.2) is 0 Å². The summed E-state index contributed by atoms with van der Waals surface area (Å²) in [5.41, 5.74) is 1.80. The maximum Gasteiger partial charge on any atom is 0.317 e. The van der Waals surface area contributed by atoms with Gasteiger partial charge in [-0.3, -0.25) is 9.69 Å². The Morgan fingerprint density at radius 2 is 1.83 bits per heavy atom. The van der Waals surface area contributed by atoms with Gasteiger partial charge < -0.3 is 14.6 Å². The number of ether oxygens (including phenoxy) is 2. The Labute approximate surface area is 184 Å². The number of halogens is 3. The van der Waals surface area contributed by atoms with Crippen LogP contribution in [0.15, 0.2) is 30.3 Å². The standard InChI is InChI=1S/C21H20Cl3NO4/c22-13-7-17(23)15(18(24)8-13)11-28-14-1-2-16-19(9-14)29-12-21(16)3-5-25(6-4-21)10-20(26)27/h1-2,7-9H,3-6,10-12H2,(H,26,27). The fraction of sp³-hybridized carbons (Fsp3) is 0.381. The fourth-order valence-electron chi connectivity index (χ4n) is 4.05. The molecule has 1 fully saturated rings. The fourth-order valence-corrected chi connectivity index (χ4v) is 4.98. The van der Waals surface area contributed by atoms with Crippen LogP contribution in [0.1, 0.15) is 24.0 Å². The largest absolute Gasteiger partial charge is 0.492 e. The maximum atomic E-state index is 10.9. The number of carboxylic acid groups (broad SMARTS) is 1. The molecule has 0 atom stereocenters. The average Bonchev–Trinajstić information content (AvgIpc) is 3.00. The minimum atomic E-state index is -0.785. The van der Waals surface area contributed by atoms with E-state index in [1.807, 2.05) is 17.0 Å². The molecule has 2 aromatic carbocycles. The number of aliphatic carboxylic acids is 1. The molecule has 2 aliphatic rings. The lowest BCUT2D eigenvalue weighted by atomic mass is 9.74. The topological polar surface area (TPSA) is 59.0 Å². The van der Waals surface area contributed by atoms with Gasteiger partial charge in [0.25, 0.3) is 0 Å². The Morgan fingerprint density at radius 3 is 2.48 bits per heavy atom. The van der Waals surface area contributed by atoms with Crippen molar-refractivity contribution < 1.29 is 19.4 Å².